The van der Waals surface area contributed by atoms with Gasteiger partial charge in [-0.2, -0.15) is 0 Å². The van der Waals surface area contributed by atoms with E-state index in [1.807, 2.05) is 26.0 Å². The molecule has 5 nitrogen and oxygen atoms in total. The normalized spacial score (nSPS) is 25.1. The summed E-state index contributed by atoms with van der Waals surface area (Å²) >= 11 is 0. The summed E-state index contributed by atoms with van der Waals surface area (Å²) in [5.74, 6) is 0.613. The van der Waals surface area contributed by atoms with E-state index in [4.69, 9.17) is 9.57 Å². The number of nitrogens with zero attached hydrogens (tertiary/aromatic N) is 1. The third-order valence-corrected chi connectivity index (χ3v) is 5.53. The zero-order valence-electron chi connectivity index (χ0n) is 16.0. The standard InChI is InChI=1S/C21H27NO4/c1-12-9-13(2)19(18(10-12)25-3)20-17(23)11-15(21(20)24)14-7-5-6-8-16(14)22-26-4/h9-10,14-15,24H,5-8,11H2,1-4H3. The number of rotatable bonds is 4. The van der Waals surface area contributed by atoms with Gasteiger partial charge in [0.2, 0.25) is 0 Å². The summed E-state index contributed by atoms with van der Waals surface area (Å²) in [7, 11) is 3.14. The molecule has 0 heterocycles. The number of allylic oxidation sites excluding steroid dienone is 2. The van der Waals surface area contributed by atoms with Crippen LogP contribution in [0.2, 0.25) is 0 Å². The van der Waals surface area contributed by atoms with Crippen molar-refractivity contribution in [3.63, 3.8) is 0 Å². The zero-order chi connectivity index (χ0) is 18.8. The number of ether oxygens (including phenoxy) is 1. The van der Waals surface area contributed by atoms with E-state index < -0.39 is 0 Å². The fourth-order valence-electron chi connectivity index (χ4n) is 4.42. The van der Waals surface area contributed by atoms with Crippen LogP contribution in [0.15, 0.2) is 23.0 Å². The molecule has 0 aromatic heterocycles. The van der Waals surface area contributed by atoms with Crippen LogP contribution < -0.4 is 4.74 Å². The minimum absolute atomic E-state index is 0.0277. The highest BCUT2D eigenvalue weighted by Gasteiger charge is 2.41. The van der Waals surface area contributed by atoms with Gasteiger partial charge in [0.25, 0.3) is 0 Å². The first kappa shape index (κ1) is 18.5. The number of ketones is 1. The number of aryl methyl sites for hydroxylation is 2. The number of oxime groups is 1. The number of carbonyl (C=O) groups excluding carboxylic acids is 1. The van der Waals surface area contributed by atoms with Crippen molar-refractivity contribution in [1.82, 2.24) is 0 Å². The molecule has 0 saturated heterocycles. The molecule has 1 saturated carbocycles. The van der Waals surface area contributed by atoms with Gasteiger partial charge in [0, 0.05) is 23.8 Å². The van der Waals surface area contributed by atoms with Gasteiger partial charge in [-0.15, -0.1) is 0 Å². The van der Waals surface area contributed by atoms with Gasteiger partial charge in [0.05, 0.1) is 18.4 Å². The molecular weight excluding hydrogens is 330 g/mol. The second kappa shape index (κ2) is 7.52. The molecule has 3 rings (SSSR count). The van der Waals surface area contributed by atoms with Crippen molar-refractivity contribution >= 4 is 17.1 Å². The monoisotopic (exact) mass is 357 g/mol. The van der Waals surface area contributed by atoms with Crippen LogP contribution in [0.25, 0.3) is 5.57 Å². The van der Waals surface area contributed by atoms with Crippen molar-refractivity contribution in [3.8, 4) is 5.75 Å². The van der Waals surface area contributed by atoms with Gasteiger partial charge in [-0.1, -0.05) is 17.6 Å². The highest BCUT2D eigenvalue weighted by molar-refractivity contribution is 6.25. The van der Waals surface area contributed by atoms with Crippen LogP contribution in [-0.4, -0.2) is 30.8 Å². The van der Waals surface area contributed by atoms with Crippen molar-refractivity contribution < 1.29 is 19.5 Å². The van der Waals surface area contributed by atoms with Crippen LogP contribution in [-0.2, 0) is 9.63 Å². The quantitative estimate of drug-likeness (QED) is 0.813. The van der Waals surface area contributed by atoms with E-state index in [0.717, 1.165) is 42.5 Å². The van der Waals surface area contributed by atoms with Gasteiger partial charge in [0.15, 0.2) is 5.78 Å². The van der Waals surface area contributed by atoms with Gasteiger partial charge in [0.1, 0.15) is 18.6 Å². The van der Waals surface area contributed by atoms with Crippen molar-refractivity contribution in [3.05, 3.63) is 34.6 Å². The Kier molecular flexibility index (Phi) is 5.35. The Hall–Kier alpha value is -2.30. The average molecular weight is 357 g/mol. The molecule has 0 bridgehead atoms. The first-order valence-electron chi connectivity index (χ1n) is 9.19. The lowest BCUT2D eigenvalue weighted by molar-refractivity contribution is -0.113. The summed E-state index contributed by atoms with van der Waals surface area (Å²) in [4.78, 5) is 17.9. The second-order valence-electron chi connectivity index (χ2n) is 7.27. The summed E-state index contributed by atoms with van der Waals surface area (Å²) in [6, 6.07) is 3.92. The van der Waals surface area contributed by atoms with Gasteiger partial charge in [-0.3, -0.25) is 4.79 Å². The predicted octanol–water partition coefficient (Wildman–Crippen LogP) is 4.36. The number of methoxy groups -OCH3 is 1. The lowest BCUT2D eigenvalue weighted by Crippen LogP contribution is -2.27. The van der Waals surface area contributed by atoms with Crippen molar-refractivity contribution in [2.24, 2.45) is 17.0 Å². The van der Waals surface area contributed by atoms with E-state index in [1.54, 1.807) is 14.2 Å². The molecule has 1 aromatic carbocycles. The van der Waals surface area contributed by atoms with E-state index in [1.165, 1.54) is 0 Å². The molecule has 140 valence electrons. The molecule has 0 spiro atoms. The second-order valence-corrected chi connectivity index (χ2v) is 7.27. The molecular formula is C21H27NO4. The summed E-state index contributed by atoms with van der Waals surface area (Å²) in [6.07, 6.45) is 4.24. The van der Waals surface area contributed by atoms with Crippen LogP contribution >= 0.6 is 0 Å². The number of aliphatic hydroxyl groups is 1. The van der Waals surface area contributed by atoms with Gasteiger partial charge >= 0.3 is 0 Å². The lowest BCUT2D eigenvalue weighted by Gasteiger charge is -2.28. The fraction of sp³-hybridized carbons (Fsp3) is 0.524. The Morgan fingerprint density at radius 2 is 1.92 bits per heavy atom. The largest absolute Gasteiger partial charge is 0.511 e. The minimum Gasteiger partial charge on any atom is -0.511 e. The predicted molar refractivity (Wildman–Crippen MR) is 102 cm³/mol. The molecule has 0 aliphatic heterocycles. The summed E-state index contributed by atoms with van der Waals surface area (Å²) < 4.78 is 5.52. The Morgan fingerprint density at radius 3 is 2.62 bits per heavy atom. The maximum absolute atomic E-state index is 12.9. The van der Waals surface area contributed by atoms with Crippen LogP contribution in [0.3, 0.4) is 0 Å². The van der Waals surface area contributed by atoms with E-state index in [9.17, 15) is 9.90 Å². The number of carbonyl (C=O) groups is 1. The van der Waals surface area contributed by atoms with Crippen molar-refractivity contribution in [1.29, 1.82) is 0 Å². The molecule has 2 atom stereocenters. The van der Waals surface area contributed by atoms with Crippen LogP contribution in [0.1, 0.15) is 48.8 Å². The van der Waals surface area contributed by atoms with E-state index in [-0.39, 0.29) is 23.4 Å². The number of aliphatic hydroxyl groups excluding tert-OH is 1. The molecule has 1 fully saturated rings. The molecule has 0 amide bonds. The Bertz CT molecular complexity index is 778. The van der Waals surface area contributed by atoms with E-state index in [2.05, 4.69) is 5.16 Å². The molecule has 1 aromatic rings. The Labute approximate surface area is 154 Å². The number of benzene rings is 1. The summed E-state index contributed by atoms with van der Waals surface area (Å²) in [5, 5.41) is 15.2. The Morgan fingerprint density at radius 1 is 1.15 bits per heavy atom. The van der Waals surface area contributed by atoms with Crippen LogP contribution in [0, 0.1) is 25.7 Å². The highest BCUT2D eigenvalue weighted by Crippen LogP contribution is 2.45. The number of hydrogen-bond donors (Lipinski definition) is 1. The number of hydrogen-bond acceptors (Lipinski definition) is 5. The smallest absolute Gasteiger partial charge is 0.167 e. The molecule has 26 heavy (non-hydrogen) atoms. The first-order chi connectivity index (χ1) is 12.5. The lowest BCUT2D eigenvalue weighted by atomic mass is 9.77. The number of Topliss-reactive ketones (excluding diaryl/α,β-unsaturated/α-hetero) is 1. The SMILES string of the molecule is CON=C1CCCCC1C1CC(=O)C(c2c(C)cc(C)cc2OC)=C1O. The first-order valence-corrected chi connectivity index (χ1v) is 9.19. The topological polar surface area (TPSA) is 68.1 Å². The van der Waals surface area contributed by atoms with E-state index >= 15 is 0 Å². The van der Waals surface area contributed by atoms with Gasteiger partial charge in [-0.05, 0) is 50.3 Å². The molecule has 2 aliphatic rings. The maximum atomic E-state index is 12.9. The van der Waals surface area contributed by atoms with Crippen LogP contribution in [0.4, 0.5) is 0 Å². The van der Waals surface area contributed by atoms with Crippen molar-refractivity contribution in [2.75, 3.05) is 14.2 Å². The molecule has 2 unspecified atom stereocenters. The molecule has 5 heteroatoms. The summed E-state index contributed by atoms with van der Waals surface area (Å²) in [6.45, 7) is 3.94. The highest BCUT2D eigenvalue weighted by atomic mass is 16.6. The molecule has 2 aliphatic carbocycles. The third-order valence-electron chi connectivity index (χ3n) is 5.53. The van der Waals surface area contributed by atoms with Crippen molar-refractivity contribution in [2.45, 2.75) is 46.0 Å². The Balaban J connectivity index is 2.06. The summed E-state index contributed by atoms with van der Waals surface area (Å²) in [5.41, 5.74) is 4.08. The van der Waals surface area contributed by atoms with Crippen LogP contribution in [0.5, 0.6) is 5.75 Å². The van der Waals surface area contributed by atoms with Gasteiger partial charge in [-0.25, -0.2) is 0 Å². The average Bonchev–Trinajstić information content (AvgIpc) is 2.90. The minimum atomic E-state index is -0.225. The zero-order valence-corrected chi connectivity index (χ0v) is 16.0. The van der Waals surface area contributed by atoms with Gasteiger partial charge < -0.3 is 14.7 Å². The molecule has 0 radical (unpaired) electrons. The van der Waals surface area contributed by atoms with E-state index in [0.29, 0.717) is 23.3 Å². The maximum Gasteiger partial charge on any atom is 0.167 e. The third kappa shape index (κ3) is 3.22. The fourth-order valence-corrected chi connectivity index (χ4v) is 4.42. The molecule has 1 N–H and O–H groups in total.